The van der Waals surface area contributed by atoms with Crippen LogP contribution in [0.3, 0.4) is 0 Å². The number of fused-ring (bicyclic) bond motifs is 4. The quantitative estimate of drug-likeness (QED) is 0.181. The van der Waals surface area contributed by atoms with Crippen molar-refractivity contribution in [3.8, 4) is 44.5 Å². The van der Waals surface area contributed by atoms with Gasteiger partial charge in [-0.15, -0.1) is 0 Å². The van der Waals surface area contributed by atoms with Crippen molar-refractivity contribution < 1.29 is 0 Å². The largest absolute Gasteiger partial charge is 0.0622 e. The smallest absolute Gasteiger partial charge is 0.00262 e. The van der Waals surface area contributed by atoms with Gasteiger partial charge in [0.05, 0.1) is 0 Å². The fourth-order valence-corrected chi connectivity index (χ4v) is 7.27. The van der Waals surface area contributed by atoms with Gasteiger partial charge in [-0.05, 0) is 106 Å². The first-order valence-electron chi connectivity index (χ1n) is 15.9. The lowest BCUT2D eigenvalue weighted by Crippen LogP contribution is -1.91. The van der Waals surface area contributed by atoms with Gasteiger partial charge in [-0.3, -0.25) is 0 Å². The lowest BCUT2D eigenvalue weighted by molar-refractivity contribution is 1.61. The van der Waals surface area contributed by atoms with Gasteiger partial charge in [-0.25, -0.2) is 0 Å². The summed E-state index contributed by atoms with van der Waals surface area (Å²) >= 11 is 0. The molecule has 9 rings (SSSR count). The second-order valence-corrected chi connectivity index (χ2v) is 12.1. The van der Waals surface area contributed by atoms with E-state index in [-0.39, 0.29) is 0 Å². The number of benzene rings is 9. The van der Waals surface area contributed by atoms with Gasteiger partial charge in [-0.2, -0.15) is 0 Å². The lowest BCUT2D eigenvalue weighted by atomic mass is 9.85. The Labute approximate surface area is 268 Å². The Balaban J connectivity index is 1.19. The van der Waals surface area contributed by atoms with E-state index in [1.807, 2.05) is 0 Å². The van der Waals surface area contributed by atoms with Crippen LogP contribution < -0.4 is 0 Å². The van der Waals surface area contributed by atoms with Crippen LogP contribution in [0.1, 0.15) is 0 Å². The Kier molecular flexibility index (Phi) is 6.25. The highest BCUT2D eigenvalue weighted by atomic mass is 14.2. The molecule has 0 amide bonds. The molecule has 0 unspecified atom stereocenters. The maximum absolute atomic E-state index is 2.37. The molecule has 0 aromatic heterocycles. The summed E-state index contributed by atoms with van der Waals surface area (Å²) < 4.78 is 0. The zero-order valence-corrected chi connectivity index (χ0v) is 25.3. The highest BCUT2D eigenvalue weighted by Gasteiger charge is 2.17. The van der Waals surface area contributed by atoms with Crippen LogP contribution in [0.25, 0.3) is 87.6 Å². The van der Waals surface area contributed by atoms with Crippen molar-refractivity contribution in [3.63, 3.8) is 0 Å². The highest BCUT2D eigenvalue weighted by molar-refractivity contribution is 6.21. The molecule has 0 saturated heterocycles. The predicted octanol–water partition coefficient (Wildman–Crippen LogP) is 13.0. The van der Waals surface area contributed by atoms with Gasteiger partial charge in [0.25, 0.3) is 0 Å². The van der Waals surface area contributed by atoms with Gasteiger partial charge in [0.2, 0.25) is 0 Å². The van der Waals surface area contributed by atoms with Crippen LogP contribution in [-0.4, -0.2) is 0 Å². The molecule has 0 aliphatic heterocycles. The van der Waals surface area contributed by atoms with Crippen LogP contribution in [0.5, 0.6) is 0 Å². The van der Waals surface area contributed by atoms with Gasteiger partial charge in [-0.1, -0.05) is 164 Å². The summed E-state index contributed by atoms with van der Waals surface area (Å²) in [5.74, 6) is 0. The van der Waals surface area contributed by atoms with Crippen LogP contribution in [0.2, 0.25) is 0 Å². The van der Waals surface area contributed by atoms with Gasteiger partial charge in [0.1, 0.15) is 0 Å². The molecule has 0 heteroatoms. The SMILES string of the molecule is c1ccc(-c2c3ccccc3c(-c3ccc4cc(-c5ccccc5-c5ccc6ccccc6c5)ccc4c3)c3ccccc23)cc1. The number of rotatable bonds is 4. The maximum atomic E-state index is 2.37. The van der Waals surface area contributed by atoms with E-state index in [9.17, 15) is 0 Å². The van der Waals surface area contributed by atoms with Crippen molar-refractivity contribution in [2.45, 2.75) is 0 Å². The van der Waals surface area contributed by atoms with Crippen molar-refractivity contribution in [2.75, 3.05) is 0 Å². The molecule has 0 heterocycles. The van der Waals surface area contributed by atoms with Crippen LogP contribution in [-0.2, 0) is 0 Å². The van der Waals surface area contributed by atoms with E-state index in [1.165, 1.54) is 87.6 Å². The Bertz CT molecular complexity index is 2520. The summed E-state index contributed by atoms with van der Waals surface area (Å²) in [6.45, 7) is 0. The molecule has 0 radical (unpaired) electrons. The molecule has 9 aromatic rings. The third-order valence-corrected chi connectivity index (χ3v) is 9.42. The molecule has 0 atom stereocenters. The van der Waals surface area contributed by atoms with Crippen molar-refractivity contribution in [3.05, 3.63) is 182 Å². The van der Waals surface area contributed by atoms with E-state index in [0.29, 0.717) is 0 Å². The fraction of sp³-hybridized carbons (Fsp3) is 0. The minimum atomic E-state index is 1.23. The van der Waals surface area contributed by atoms with E-state index >= 15 is 0 Å². The molecule has 214 valence electrons. The summed E-state index contributed by atoms with van der Waals surface area (Å²) in [4.78, 5) is 0. The second-order valence-electron chi connectivity index (χ2n) is 12.1. The van der Waals surface area contributed by atoms with Crippen molar-refractivity contribution in [2.24, 2.45) is 0 Å². The summed E-state index contributed by atoms with van der Waals surface area (Å²) in [6, 6.07) is 66.5. The molecule has 0 bridgehead atoms. The zero-order chi connectivity index (χ0) is 30.5. The summed E-state index contributed by atoms with van der Waals surface area (Å²) in [5.41, 5.74) is 10.0. The molecule has 0 fully saturated rings. The van der Waals surface area contributed by atoms with Crippen LogP contribution >= 0.6 is 0 Å². The minimum Gasteiger partial charge on any atom is -0.0622 e. The summed E-state index contributed by atoms with van der Waals surface area (Å²) in [7, 11) is 0. The molecule has 0 aliphatic carbocycles. The van der Waals surface area contributed by atoms with Gasteiger partial charge >= 0.3 is 0 Å². The Morgan fingerprint density at radius 2 is 0.587 bits per heavy atom. The summed E-state index contributed by atoms with van der Waals surface area (Å²) in [6.07, 6.45) is 0. The standard InChI is InChI=1S/C46H30/c1-2-13-32(14-3-1)45-41-18-8-10-20-43(41)46(44-21-11-9-19-42(44)45)38-27-24-34-29-37(26-23-35(34)30-38)40-17-7-6-16-39(40)36-25-22-31-12-4-5-15-33(31)28-36/h1-30H. The topological polar surface area (TPSA) is 0 Å². The Hall–Kier alpha value is -5.98. The molecule has 0 nitrogen and oxygen atoms in total. The fourth-order valence-electron chi connectivity index (χ4n) is 7.27. The molecule has 0 N–H and O–H groups in total. The van der Waals surface area contributed by atoms with E-state index in [0.717, 1.165) is 0 Å². The van der Waals surface area contributed by atoms with E-state index in [4.69, 9.17) is 0 Å². The average molecular weight is 583 g/mol. The highest BCUT2D eigenvalue weighted by Crippen LogP contribution is 2.44. The number of hydrogen-bond donors (Lipinski definition) is 0. The monoisotopic (exact) mass is 582 g/mol. The second kappa shape index (κ2) is 10.9. The average Bonchev–Trinajstić information content (AvgIpc) is 3.13. The number of hydrogen-bond acceptors (Lipinski definition) is 0. The molecule has 0 aliphatic rings. The van der Waals surface area contributed by atoms with Gasteiger partial charge in [0, 0.05) is 0 Å². The molecular weight excluding hydrogens is 553 g/mol. The van der Waals surface area contributed by atoms with Gasteiger partial charge in [0.15, 0.2) is 0 Å². The molecular formula is C46H30. The normalized spacial score (nSPS) is 11.5. The third-order valence-electron chi connectivity index (χ3n) is 9.42. The van der Waals surface area contributed by atoms with Crippen molar-refractivity contribution >= 4 is 43.1 Å². The minimum absolute atomic E-state index is 1.23. The van der Waals surface area contributed by atoms with Crippen LogP contribution in [0.15, 0.2) is 182 Å². The Morgan fingerprint density at radius 1 is 0.217 bits per heavy atom. The van der Waals surface area contributed by atoms with Crippen LogP contribution in [0.4, 0.5) is 0 Å². The first-order chi connectivity index (χ1) is 22.8. The van der Waals surface area contributed by atoms with Crippen molar-refractivity contribution in [1.29, 1.82) is 0 Å². The summed E-state index contributed by atoms with van der Waals surface area (Å²) in [5, 5.41) is 10.1. The first-order valence-corrected chi connectivity index (χ1v) is 15.9. The molecule has 0 saturated carbocycles. The molecule has 0 spiro atoms. The first kappa shape index (κ1) is 26.4. The Morgan fingerprint density at radius 3 is 1.15 bits per heavy atom. The van der Waals surface area contributed by atoms with E-state index < -0.39 is 0 Å². The van der Waals surface area contributed by atoms with Gasteiger partial charge < -0.3 is 0 Å². The maximum Gasteiger partial charge on any atom is -0.00262 e. The van der Waals surface area contributed by atoms with E-state index in [2.05, 4.69) is 182 Å². The van der Waals surface area contributed by atoms with Crippen molar-refractivity contribution in [1.82, 2.24) is 0 Å². The third kappa shape index (κ3) is 4.38. The van der Waals surface area contributed by atoms with Crippen LogP contribution in [0, 0.1) is 0 Å². The predicted molar refractivity (Wildman–Crippen MR) is 198 cm³/mol. The molecule has 9 aromatic carbocycles. The lowest BCUT2D eigenvalue weighted by Gasteiger charge is -2.18. The zero-order valence-electron chi connectivity index (χ0n) is 25.3. The molecule has 46 heavy (non-hydrogen) atoms. The van der Waals surface area contributed by atoms with E-state index in [1.54, 1.807) is 0 Å².